The highest BCUT2D eigenvalue weighted by atomic mass is 127. The Labute approximate surface area is 192 Å². The number of amides is 1. The third kappa shape index (κ3) is 10.7. The van der Waals surface area contributed by atoms with Crippen LogP contribution < -0.4 is 16.0 Å². The monoisotopic (exact) mass is 522 g/mol. The fourth-order valence-electron chi connectivity index (χ4n) is 2.71. The summed E-state index contributed by atoms with van der Waals surface area (Å²) in [6.07, 6.45) is 5.87. The van der Waals surface area contributed by atoms with Crippen molar-refractivity contribution < 1.29 is 9.53 Å². The van der Waals surface area contributed by atoms with Gasteiger partial charge >= 0.3 is 6.09 Å². The predicted molar refractivity (Wildman–Crippen MR) is 129 cm³/mol. The summed E-state index contributed by atoms with van der Waals surface area (Å²) in [6, 6.07) is 0. The Bertz CT molecular complexity index is 635. The lowest BCUT2D eigenvalue weighted by atomic mass is 9.93. The van der Waals surface area contributed by atoms with E-state index in [2.05, 4.69) is 34.9 Å². The van der Waals surface area contributed by atoms with E-state index in [-0.39, 0.29) is 24.0 Å². The van der Waals surface area contributed by atoms with E-state index in [1.54, 1.807) is 4.68 Å². The molecule has 0 unspecified atom stereocenters. The summed E-state index contributed by atoms with van der Waals surface area (Å²) in [5.41, 5.74) is 0.214. The maximum Gasteiger partial charge on any atom is 0.408 e. The minimum Gasteiger partial charge on any atom is -0.444 e. The molecule has 9 heteroatoms. The molecule has 1 heterocycles. The fraction of sp³-hybridized carbons (Fsp3) is 0.750. The largest absolute Gasteiger partial charge is 0.444 e. The summed E-state index contributed by atoms with van der Waals surface area (Å²) in [5.74, 6) is 0.739. The number of aromatic nitrogens is 2. The summed E-state index contributed by atoms with van der Waals surface area (Å²) < 4.78 is 7.23. The van der Waals surface area contributed by atoms with Crippen LogP contribution in [0.15, 0.2) is 17.4 Å². The second-order valence-electron chi connectivity index (χ2n) is 8.01. The normalized spacial score (nSPS) is 12.2. The molecule has 0 aliphatic heterocycles. The van der Waals surface area contributed by atoms with Crippen LogP contribution in [-0.2, 0) is 18.2 Å². The third-order valence-electron chi connectivity index (χ3n) is 4.47. The van der Waals surface area contributed by atoms with Crippen molar-refractivity contribution in [3.63, 3.8) is 0 Å². The number of carbonyl (C=O) groups is 1. The van der Waals surface area contributed by atoms with Gasteiger partial charge in [-0.05, 0) is 52.5 Å². The number of ether oxygens (including phenoxy) is 1. The van der Waals surface area contributed by atoms with Gasteiger partial charge in [-0.25, -0.2) is 4.79 Å². The first-order chi connectivity index (χ1) is 13.1. The van der Waals surface area contributed by atoms with Crippen LogP contribution in [0.3, 0.4) is 0 Å². The molecule has 0 bridgehead atoms. The summed E-state index contributed by atoms with van der Waals surface area (Å²) in [5, 5.41) is 13.8. The molecule has 0 saturated carbocycles. The molecule has 0 aromatic carbocycles. The number of aryl methyl sites for hydroxylation is 1. The number of aliphatic imine (C=N–C) groups is 1. The molecule has 8 nitrogen and oxygen atoms in total. The number of carbonyl (C=O) groups excluding carboxylic acids is 1. The molecule has 0 radical (unpaired) electrons. The van der Waals surface area contributed by atoms with Crippen molar-refractivity contribution in [1.82, 2.24) is 25.7 Å². The van der Waals surface area contributed by atoms with E-state index < -0.39 is 17.2 Å². The molecule has 1 rings (SSSR count). The molecular formula is C20H39IN6O2. The number of hydrogen-bond acceptors (Lipinski definition) is 4. The SMILES string of the molecule is CCNC(=NCC(CC)(CC)NC(=O)OC(C)(C)C)NCCc1cnn(C)c1.I. The van der Waals surface area contributed by atoms with Gasteiger partial charge in [-0.1, -0.05) is 13.8 Å². The average Bonchev–Trinajstić information content (AvgIpc) is 3.02. The first kappa shape index (κ1) is 27.5. The highest BCUT2D eigenvalue weighted by Crippen LogP contribution is 2.17. The summed E-state index contributed by atoms with van der Waals surface area (Å²) in [6.45, 7) is 13.7. The second kappa shape index (κ2) is 12.9. The van der Waals surface area contributed by atoms with Crippen molar-refractivity contribution in [2.24, 2.45) is 12.0 Å². The first-order valence-corrected chi connectivity index (χ1v) is 10.1. The van der Waals surface area contributed by atoms with Gasteiger partial charge in [0.05, 0.1) is 18.3 Å². The number of rotatable bonds is 9. The average molecular weight is 522 g/mol. The van der Waals surface area contributed by atoms with Gasteiger partial charge in [0.15, 0.2) is 5.96 Å². The van der Waals surface area contributed by atoms with Crippen LogP contribution in [0, 0.1) is 0 Å². The lowest BCUT2D eigenvalue weighted by molar-refractivity contribution is 0.0452. The maximum atomic E-state index is 12.3. The van der Waals surface area contributed by atoms with Crippen molar-refractivity contribution in [2.45, 2.75) is 71.9 Å². The van der Waals surface area contributed by atoms with Gasteiger partial charge in [0.2, 0.25) is 0 Å². The Morgan fingerprint density at radius 2 is 1.86 bits per heavy atom. The molecule has 0 spiro atoms. The molecule has 3 N–H and O–H groups in total. The quantitative estimate of drug-likeness (QED) is 0.263. The van der Waals surface area contributed by atoms with Gasteiger partial charge in [-0.15, -0.1) is 24.0 Å². The Morgan fingerprint density at radius 1 is 1.21 bits per heavy atom. The standard InChI is InChI=1S/C20H38N6O2.HI/c1-8-20(9-2,25-18(27)28-19(4,5)6)15-23-17(21-10-3)22-12-11-16-13-24-26(7)14-16;/h13-14H,8-12,15H2,1-7H3,(H,25,27)(H2,21,22,23);1H. The van der Waals surface area contributed by atoms with E-state index in [4.69, 9.17) is 9.73 Å². The Morgan fingerprint density at radius 3 is 2.34 bits per heavy atom. The van der Waals surface area contributed by atoms with Gasteiger partial charge in [0.25, 0.3) is 0 Å². The highest BCUT2D eigenvalue weighted by molar-refractivity contribution is 14.0. The molecule has 0 aliphatic rings. The van der Waals surface area contributed by atoms with E-state index >= 15 is 0 Å². The van der Waals surface area contributed by atoms with Gasteiger partial charge in [-0.2, -0.15) is 5.10 Å². The van der Waals surface area contributed by atoms with E-state index in [1.807, 2.05) is 47.1 Å². The molecule has 1 aromatic heterocycles. The fourth-order valence-corrected chi connectivity index (χ4v) is 2.71. The van der Waals surface area contributed by atoms with Gasteiger partial charge in [0, 0.05) is 26.3 Å². The van der Waals surface area contributed by atoms with Crippen molar-refractivity contribution in [3.05, 3.63) is 18.0 Å². The topological polar surface area (TPSA) is 92.6 Å². The molecule has 0 aliphatic carbocycles. The zero-order valence-electron chi connectivity index (χ0n) is 19.0. The van der Waals surface area contributed by atoms with E-state index in [0.29, 0.717) is 6.54 Å². The Kier molecular flexibility index (Phi) is 12.2. The molecular weight excluding hydrogens is 483 g/mol. The predicted octanol–water partition coefficient (Wildman–Crippen LogP) is 3.22. The van der Waals surface area contributed by atoms with Crippen molar-refractivity contribution >= 4 is 36.0 Å². The second-order valence-corrected chi connectivity index (χ2v) is 8.01. The van der Waals surface area contributed by atoms with Crippen molar-refractivity contribution in [3.8, 4) is 0 Å². The van der Waals surface area contributed by atoms with Crippen molar-refractivity contribution in [2.75, 3.05) is 19.6 Å². The van der Waals surface area contributed by atoms with Crippen LogP contribution in [0.5, 0.6) is 0 Å². The number of halogens is 1. The van der Waals surface area contributed by atoms with Crippen LogP contribution in [-0.4, -0.2) is 52.6 Å². The van der Waals surface area contributed by atoms with Crippen LogP contribution in [0.25, 0.3) is 0 Å². The smallest absolute Gasteiger partial charge is 0.408 e. The molecule has 1 aromatic rings. The van der Waals surface area contributed by atoms with Crippen molar-refractivity contribution in [1.29, 1.82) is 0 Å². The molecule has 168 valence electrons. The van der Waals surface area contributed by atoms with Crippen LogP contribution in [0.2, 0.25) is 0 Å². The zero-order valence-corrected chi connectivity index (χ0v) is 21.3. The molecule has 0 saturated heterocycles. The molecule has 29 heavy (non-hydrogen) atoms. The zero-order chi connectivity index (χ0) is 21.2. The van der Waals surface area contributed by atoms with Gasteiger partial charge in [-0.3, -0.25) is 9.67 Å². The number of hydrogen-bond donors (Lipinski definition) is 3. The summed E-state index contributed by atoms with van der Waals surface area (Å²) in [7, 11) is 1.91. The van der Waals surface area contributed by atoms with E-state index in [9.17, 15) is 4.79 Å². The number of nitrogens with zero attached hydrogens (tertiary/aromatic N) is 3. The van der Waals surface area contributed by atoms with Gasteiger partial charge in [0.1, 0.15) is 5.60 Å². The minimum absolute atomic E-state index is 0. The van der Waals surface area contributed by atoms with E-state index in [0.717, 1.165) is 38.3 Å². The molecule has 0 atom stereocenters. The molecule has 0 fully saturated rings. The maximum absolute atomic E-state index is 12.3. The summed E-state index contributed by atoms with van der Waals surface area (Å²) >= 11 is 0. The van der Waals surface area contributed by atoms with Crippen LogP contribution in [0.4, 0.5) is 4.79 Å². The lowest BCUT2D eigenvalue weighted by Gasteiger charge is -2.32. The summed E-state index contributed by atoms with van der Waals surface area (Å²) in [4.78, 5) is 17.0. The third-order valence-corrected chi connectivity index (χ3v) is 4.47. The Hall–Kier alpha value is -1.52. The number of alkyl carbamates (subject to hydrolysis) is 1. The number of nitrogens with one attached hydrogen (secondary N) is 3. The van der Waals surface area contributed by atoms with Crippen LogP contribution in [0.1, 0.15) is 59.9 Å². The number of guanidine groups is 1. The Balaban J connectivity index is 0.00000784. The minimum atomic E-state index is -0.524. The lowest BCUT2D eigenvalue weighted by Crippen LogP contribution is -2.52. The highest BCUT2D eigenvalue weighted by Gasteiger charge is 2.30. The first-order valence-electron chi connectivity index (χ1n) is 10.1. The van der Waals surface area contributed by atoms with Gasteiger partial charge < -0.3 is 20.7 Å². The van der Waals surface area contributed by atoms with Crippen LogP contribution >= 0.6 is 24.0 Å². The van der Waals surface area contributed by atoms with E-state index in [1.165, 1.54) is 5.56 Å². The molecule has 1 amide bonds.